The summed E-state index contributed by atoms with van der Waals surface area (Å²) in [6, 6.07) is 4.50. The summed E-state index contributed by atoms with van der Waals surface area (Å²) in [5, 5.41) is 11.9. The Morgan fingerprint density at radius 1 is 1.50 bits per heavy atom. The standard InChI is InChI=1S/C12H18FNO2/c1-9-3-4-10(13)7-12(9)16-6-5-11(8-15)14-2/h3-4,7,11,14-15H,5-6,8H2,1-2H3. The maximum atomic E-state index is 12.9. The molecule has 0 radical (unpaired) electrons. The SMILES string of the molecule is CNC(CO)CCOc1cc(F)ccc1C. The molecule has 16 heavy (non-hydrogen) atoms. The van der Waals surface area contributed by atoms with E-state index in [0.717, 1.165) is 5.56 Å². The van der Waals surface area contributed by atoms with E-state index in [1.165, 1.54) is 12.1 Å². The molecule has 0 spiro atoms. The first-order valence-electron chi connectivity index (χ1n) is 5.34. The molecule has 0 aliphatic heterocycles. The number of hydrogen-bond donors (Lipinski definition) is 2. The largest absolute Gasteiger partial charge is 0.493 e. The lowest BCUT2D eigenvalue weighted by atomic mass is 10.2. The summed E-state index contributed by atoms with van der Waals surface area (Å²) in [5.74, 6) is 0.265. The van der Waals surface area contributed by atoms with Gasteiger partial charge < -0.3 is 15.2 Å². The van der Waals surface area contributed by atoms with Crippen molar-refractivity contribution >= 4 is 0 Å². The van der Waals surface area contributed by atoms with Crippen molar-refractivity contribution in [2.45, 2.75) is 19.4 Å². The van der Waals surface area contributed by atoms with Gasteiger partial charge in [-0.05, 0) is 32.0 Å². The first kappa shape index (κ1) is 12.9. The third-order valence-electron chi connectivity index (χ3n) is 2.50. The highest BCUT2D eigenvalue weighted by molar-refractivity contribution is 5.32. The summed E-state index contributed by atoms with van der Waals surface area (Å²) in [6.07, 6.45) is 0.683. The molecular formula is C12H18FNO2. The van der Waals surface area contributed by atoms with Gasteiger partial charge in [-0.3, -0.25) is 0 Å². The van der Waals surface area contributed by atoms with Crippen LogP contribution in [0.3, 0.4) is 0 Å². The highest BCUT2D eigenvalue weighted by Crippen LogP contribution is 2.18. The Morgan fingerprint density at radius 2 is 2.25 bits per heavy atom. The fourth-order valence-corrected chi connectivity index (χ4v) is 1.37. The molecule has 3 nitrogen and oxygen atoms in total. The Labute approximate surface area is 95.2 Å². The number of halogens is 1. The van der Waals surface area contributed by atoms with Gasteiger partial charge in [-0.15, -0.1) is 0 Å². The number of aliphatic hydroxyl groups excluding tert-OH is 1. The number of likely N-dealkylation sites (N-methyl/N-ethyl adjacent to an activating group) is 1. The van der Waals surface area contributed by atoms with Gasteiger partial charge in [0, 0.05) is 12.1 Å². The molecule has 2 N–H and O–H groups in total. The van der Waals surface area contributed by atoms with Crippen molar-refractivity contribution in [1.29, 1.82) is 0 Å². The van der Waals surface area contributed by atoms with Crippen LogP contribution in [0.4, 0.5) is 4.39 Å². The molecule has 1 atom stereocenters. The molecule has 4 heteroatoms. The molecule has 1 aromatic rings. The molecular weight excluding hydrogens is 209 g/mol. The lowest BCUT2D eigenvalue weighted by molar-refractivity contribution is 0.213. The highest BCUT2D eigenvalue weighted by Gasteiger charge is 2.05. The minimum atomic E-state index is -0.298. The Morgan fingerprint density at radius 3 is 2.88 bits per heavy atom. The van der Waals surface area contributed by atoms with Crippen molar-refractivity contribution in [3.05, 3.63) is 29.6 Å². The van der Waals surface area contributed by atoms with Crippen LogP contribution in [0.2, 0.25) is 0 Å². The molecule has 0 aliphatic carbocycles. The van der Waals surface area contributed by atoms with E-state index in [1.807, 2.05) is 6.92 Å². The Kier molecular flexibility index (Phi) is 5.22. The molecule has 1 unspecified atom stereocenters. The van der Waals surface area contributed by atoms with Gasteiger partial charge >= 0.3 is 0 Å². The van der Waals surface area contributed by atoms with Gasteiger partial charge in [0.25, 0.3) is 0 Å². The molecule has 90 valence electrons. The van der Waals surface area contributed by atoms with E-state index in [0.29, 0.717) is 18.8 Å². The summed E-state index contributed by atoms with van der Waals surface area (Å²) in [6.45, 7) is 2.40. The molecule has 0 saturated carbocycles. The van der Waals surface area contributed by atoms with Crippen molar-refractivity contribution in [3.8, 4) is 5.75 Å². The van der Waals surface area contributed by atoms with Crippen LogP contribution < -0.4 is 10.1 Å². The second-order valence-corrected chi connectivity index (χ2v) is 3.72. The molecule has 0 amide bonds. The van der Waals surface area contributed by atoms with E-state index < -0.39 is 0 Å². The third kappa shape index (κ3) is 3.79. The third-order valence-corrected chi connectivity index (χ3v) is 2.50. The molecule has 0 aliphatic rings. The Bertz CT molecular complexity index is 327. The smallest absolute Gasteiger partial charge is 0.126 e. The first-order valence-corrected chi connectivity index (χ1v) is 5.34. The maximum absolute atomic E-state index is 12.9. The van der Waals surface area contributed by atoms with E-state index in [1.54, 1.807) is 13.1 Å². The molecule has 0 fully saturated rings. The number of aliphatic hydroxyl groups is 1. The minimum Gasteiger partial charge on any atom is -0.493 e. The number of benzene rings is 1. The molecule has 0 saturated heterocycles. The Hall–Kier alpha value is -1.13. The van der Waals surface area contributed by atoms with Gasteiger partial charge in [-0.25, -0.2) is 4.39 Å². The predicted octanol–water partition coefficient (Wildman–Crippen LogP) is 1.48. The van der Waals surface area contributed by atoms with Crippen LogP contribution in [0.5, 0.6) is 5.75 Å². The van der Waals surface area contributed by atoms with Crippen LogP contribution in [-0.2, 0) is 0 Å². The van der Waals surface area contributed by atoms with Crippen LogP contribution in [0.1, 0.15) is 12.0 Å². The number of nitrogens with one attached hydrogen (secondary N) is 1. The zero-order valence-electron chi connectivity index (χ0n) is 9.66. The van der Waals surface area contributed by atoms with E-state index in [4.69, 9.17) is 9.84 Å². The van der Waals surface area contributed by atoms with Gasteiger partial charge in [0.15, 0.2) is 0 Å². The van der Waals surface area contributed by atoms with Crippen molar-refractivity contribution in [2.24, 2.45) is 0 Å². The zero-order chi connectivity index (χ0) is 12.0. The number of aryl methyl sites for hydroxylation is 1. The number of rotatable bonds is 6. The summed E-state index contributed by atoms with van der Waals surface area (Å²) in [7, 11) is 1.79. The van der Waals surface area contributed by atoms with Crippen LogP contribution in [-0.4, -0.2) is 31.4 Å². The maximum Gasteiger partial charge on any atom is 0.126 e. The average molecular weight is 227 g/mol. The van der Waals surface area contributed by atoms with E-state index in [-0.39, 0.29) is 18.5 Å². The van der Waals surface area contributed by atoms with Gasteiger partial charge in [0.1, 0.15) is 11.6 Å². The van der Waals surface area contributed by atoms with Crippen LogP contribution in [0.15, 0.2) is 18.2 Å². The number of hydrogen-bond acceptors (Lipinski definition) is 3. The normalized spacial score (nSPS) is 12.5. The second-order valence-electron chi connectivity index (χ2n) is 3.72. The first-order chi connectivity index (χ1) is 7.67. The molecule has 0 bridgehead atoms. The Balaban J connectivity index is 2.45. The fourth-order valence-electron chi connectivity index (χ4n) is 1.37. The minimum absolute atomic E-state index is 0.0221. The molecule has 1 rings (SSSR count). The molecule has 1 aromatic carbocycles. The topological polar surface area (TPSA) is 41.5 Å². The van der Waals surface area contributed by atoms with Gasteiger partial charge in [-0.1, -0.05) is 6.07 Å². The summed E-state index contributed by atoms with van der Waals surface area (Å²) in [4.78, 5) is 0. The van der Waals surface area contributed by atoms with E-state index in [2.05, 4.69) is 5.32 Å². The summed E-state index contributed by atoms with van der Waals surface area (Å²) >= 11 is 0. The number of ether oxygens (including phenoxy) is 1. The molecule has 0 aromatic heterocycles. The van der Waals surface area contributed by atoms with Crippen LogP contribution in [0, 0.1) is 12.7 Å². The van der Waals surface area contributed by atoms with Crippen LogP contribution >= 0.6 is 0 Å². The van der Waals surface area contributed by atoms with Crippen molar-refractivity contribution in [3.63, 3.8) is 0 Å². The average Bonchev–Trinajstić information content (AvgIpc) is 2.29. The van der Waals surface area contributed by atoms with Crippen molar-refractivity contribution in [1.82, 2.24) is 5.32 Å². The quantitative estimate of drug-likeness (QED) is 0.773. The lowest BCUT2D eigenvalue weighted by Crippen LogP contribution is -2.30. The van der Waals surface area contributed by atoms with Crippen molar-refractivity contribution in [2.75, 3.05) is 20.3 Å². The van der Waals surface area contributed by atoms with Crippen LogP contribution in [0.25, 0.3) is 0 Å². The molecule has 0 heterocycles. The zero-order valence-corrected chi connectivity index (χ0v) is 9.66. The van der Waals surface area contributed by atoms with Crippen molar-refractivity contribution < 1.29 is 14.2 Å². The van der Waals surface area contributed by atoms with E-state index >= 15 is 0 Å². The van der Waals surface area contributed by atoms with Gasteiger partial charge in [0.05, 0.1) is 13.2 Å². The van der Waals surface area contributed by atoms with E-state index in [9.17, 15) is 4.39 Å². The summed E-state index contributed by atoms with van der Waals surface area (Å²) in [5.41, 5.74) is 0.909. The fraction of sp³-hybridized carbons (Fsp3) is 0.500. The monoisotopic (exact) mass is 227 g/mol. The highest BCUT2D eigenvalue weighted by atomic mass is 19.1. The van der Waals surface area contributed by atoms with Gasteiger partial charge in [-0.2, -0.15) is 0 Å². The predicted molar refractivity (Wildman–Crippen MR) is 61.2 cm³/mol. The second kappa shape index (κ2) is 6.45. The summed E-state index contributed by atoms with van der Waals surface area (Å²) < 4.78 is 18.4. The lowest BCUT2D eigenvalue weighted by Gasteiger charge is -2.14. The van der Waals surface area contributed by atoms with Gasteiger partial charge in [0.2, 0.25) is 0 Å².